The van der Waals surface area contributed by atoms with E-state index in [0.717, 1.165) is 25.1 Å². The highest BCUT2D eigenvalue weighted by molar-refractivity contribution is 5.65. The van der Waals surface area contributed by atoms with E-state index in [1.165, 1.54) is 4.90 Å². The summed E-state index contributed by atoms with van der Waals surface area (Å²) in [6, 6.07) is 10.1. The predicted molar refractivity (Wildman–Crippen MR) is 67.3 cm³/mol. The number of rotatable bonds is 3. The molecule has 0 saturated carbocycles. The first kappa shape index (κ1) is 11.8. The number of hydrogen-bond acceptors (Lipinski definition) is 2. The maximum atomic E-state index is 10.8. The van der Waals surface area contributed by atoms with Gasteiger partial charge in [0.25, 0.3) is 0 Å². The number of benzene rings is 1. The SMILES string of the molecule is O=C(O)N1CCC(CNc2ccccc2)CC1. The van der Waals surface area contributed by atoms with Gasteiger partial charge in [-0.3, -0.25) is 0 Å². The van der Waals surface area contributed by atoms with E-state index in [2.05, 4.69) is 5.32 Å². The van der Waals surface area contributed by atoms with E-state index >= 15 is 0 Å². The topological polar surface area (TPSA) is 52.6 Å². The lowest BCUT2D eigenvalue weighted by Crippen LogP contribution is -2.39. The Morgan fingerprint density at radius 3 is 2.53 bits per heavy atom. The molecule has 1 aromatic carbocycles. The van der Waals surface area contributed by atoms with Crippen molar-refractivity contribution in [2.45, 2.75) is 12.8 Å². The number of anilines is 1. The highest BCUT2D eigenvalue weighted by atomic mass is 16.4. The number of hydrogen-bond donors (Lipinski definition) is 2. The summed E-state index contributed by atoms with van der Waals surface area (Å²) < 4.78 is 0. The fourth-order valence-electron chi connectivity index (χ4n) is 2.15. The second kappa shape index (κ2) is 5.57. The third kappa shape index (κ3) is 3.37. The smallest absolute Gasteiger partial charge is 0.407 e. The molecule has 1 saturated heterocycles. The van der Waals surface area contributed by atoms with E-state index in [4.69, 9.17) is 5.11 Å². The van der Waals surface area contributed by atoms with E-state index in [0.29, 0.717) is 19.0 Å². The molecule has 1 heterocycles. The molecule has 1 amide bonds. The Bertz CT molecular complexity index is 359. The standard InChI is InChI=1S/C13H18N2O2/c16-13(17)15-8-6-11(7-9-15)10-14-12-4-2-1-3-5-12/h1-5,11,14H,6-10H2,(H,16,17). The molecule has 0 spiro atoms. The lowest BCUT2D eigenvalue weighted by atomic mass is 9.97. The van der Waals surface area contributed by atoms with Crippen molar-refractivity contribution in [3.8, 4) is 0 Å². The van der Waals surface area contributed by atoms with Gasteiger partial charge >= 0.3 is 6.09 Å². The summed E-state index contributed by atoms with van der Waals surface area (Å²) in [5.74, 6) is 0.575. The van der Waals surface area contributed by atoms with Crippen LogP contribution in [0.25, 0.3) is 0 Å². The van der Waals surface area contributed by atoms with Gasteiger partial charge in [-0.15, -0.1) is 0 Å². The van der Waals surface area contributed by atoms with Crippen LogP contribution < -0.4 is 5.32 Å². The van der Waals surface area contributed by atoms with Crippen molar-refractivity contribution in [1.82, 2.24) is 4.90 Å². The summed E-state index contributed by atoms with van der Waals surface area (Å²) in [6.45, 7) is 2.25. The van der Waals surface area contributed by atoms with Crippen molar-refractivity contribution < 1.29 is 9.90 Å². The quantitative estimate of drug-likeness (QED) is 0.844. The zero-order valence-electron chi connectivity index (χ0n) is 9.80. The van der Waals surface area contributed by atoms with Crippen molar-refractivity contribution in [2.24, 2.45) is 5.92 Å². The molecular formula is C13H18N2O2. The normalized spacial score (nSPS) is 16.8. The van der Waals surface area contributed by atoms with E-state index in [9.17, 15) is 4.79 Å². The minimum Gasteiger partial charge on any atom is -0.465 e. The number of piperidine rings is 1. The van der Waals surface area contributed by atoms with Gasteiger partial charge in [-0.25, -0.2) is 4.79 Å². The summed E-state index contributed by atoms with van der Waals surface area (Å²) in [7, 11) is 0. The molecule has 1 aliphatic heterocycles. The van der Waals surface area contributed by atoms with Crippen LogP contribution in [0.15, 0.2) is 30.3 Å². The monoisotopic (exact) mass is 234 g/mol. The summed E-state index contributed by atoms with van der Waals surface area (Å²) in [5, 5.41) is 12.2. The number of nitrogens with zero attached hydrogens (tertiary/aromatic N) is 1. The van der Waals surface area contributed by atoms with Gasteiger partial charge in [-0.1, -0.05) is 18.2 Å². The van der Waals surface area contributed by atoms with E-state index < -0.39 is 6.09 Å². The molecule has 1 aliphatic rings. The molecule has 17 heavy (non-hydrogen) atoms. The van der Waals surface area contributed by atoms with Crippen molar-refractivity contribution in [3.05, 3.63) is 30.3 Å². The molecule has 1 aromatic rings. The first-order valence-corrected chi connectivity index (χ1v) is 6.02. The molecule has 92 valence electrons. The van der Waals surface area contributed by atoms with Gasteiger partial charge in [0, 0.05) is 25.3 Å². The Morgan fingerprint density at radius 1 is 1.29 bits per heavy atom. The van der Waals surface area contributed by atoms with Gasteiger partial charge in [0.05, 0.1) is 0 Å². The van der Waals surface area contributed by atoms with Gasteiger partial charge in [0.1, 0.15) is 0 Å². The Labute approximate surface area is 101 Å². The molecular weight excluding hydrogens is 216 g/mol. The lowest BCUT2D eigenvalue weighted by molar-refractivity contribution is 0.126. The summed E-state index contributed by atoms with van der Waals surface area (Å²) in [5.41, 5.74) is 1.13. The average molecular weight is 234 g/mol. The van der Waals surface area contributed by atoms with Crippen LogP contribution in [0.1, 0.15) is 12.8 Å². The van der Waals surface area contributed by atoms with Crippen molar-refractivity contribution in [1.29, 1.82) is 0 Å². The molecule has 0 aromatic heterocycles. The van der Waals surface area contributed by atoms with Gasteiger partial charge in [-0.05, 0) is 30.9 Å². The van der Waals surface area contributed by atoms with Crippen LogP contribution in [0.3, 0.4) is 0 Å². The molecule has 0 bridgehead atoms. The predicted octanol–water partition coefficient (Wildman–Crippen LogP) is 2.49. The Hall–Kier alpha value is -1.71. The number of nitrogens with one attached hydrogen (secondary N) is 1. The zero-order chi connectivity index (χ0) is 12.1. The summed E-state index contributed by atoms with van der Waals surface area (Å²) >= 11 is 0. The largest absolute Gasteiger partial charge is 0.465 e. The molecule has 0 atom stereocenters. The van der Waals surface area contributed by atoms with Crippen LogP contribution in [-0.2, 0) is 0 Å². The maximum Gasteiger partial charge on any atom is 0.407 e. The maximum absolute atomic E-state index is 10.8. The Morgan fingerprint density at radius 2 is 1.94 bits per heavy atom. The van der Waals surface area contributed by atoms with Crippen molar-refractivity contribution >= 4 is 11.8 Å². The minimum atomic E-state index is -0.792. The number of likely N-dealkylation sites (tertiary alicyclic amines) is 1. The molecule has 2 N–H and O–H groups in total. The zero-order valence-corrected chi connectivity index (χ0v) is 9.80. The Kier molecular flexibility index (Phi) is 3.85. The molecule has 2 rings (SSSR count). The molecule has 4 nitrogen and oxygen atoms in total. The average Bonchev–Trinajstić information content (AvgIpc) is 2.38. The number of amides is 1. The molecule has 0 radical (unpaired) electrons. The lowest BCUT2D eigenvalue weighted by Gasteiger charge is -2.30. The molecule has 0 aliphatic carbocycles. The van der Waals surface area contributed by atoms with E-state index in [1.54, 1.807) is 0 Å². The first-order valence-electron chi connectivity index (χ1n) is 6.02. The summed E-state index contributed by atoms with van der Waals surface area (Å²) in [6.07, 6.45) is 1.11. The second-order valence-corrected chi connectivity index (χ2v) is 4.46. The van der Waals surface area contributed by atoms with Crippen LogP contribution in [0.4, 0.5) is 10.5 Å². The fraction of sp³-hybridized carbons (Fsp3) is 0.462. The summed E-state index contributed by atoms with van der Waals surface area (Å²) in [4.78, 5) is 12.2. The van der Waals surface area contributed by atoms with Crippen molar-refractivity contribution in [3.63, 3.8) is 0 Å². The highest BCUT2D eigenvalue weighted by Crippen LogP contribution is 2.18. The number of carboxylic acid groups (broad SMARTS) is 1. The number of para-hydroxylation sites is 1. The minimum absolute atomic E-state index is 0.575. The Balaban J connectivity index is 1.74. The van der Waals surface area contributed by atoms with Crippen LogP contribution in [-0.4, -0.2) is 35.7 Å². The van der Waals surface area contributed by atoms with Gasteiger partial charge in [0.2, 0.25) is 0 Å². The third-order valence-corrected chi connectivity index (χ3v) is 3.25. The molecule has 0 unspecified atom stereocenters. The highest BCUT2D eigenvalue weighted by Gasteiger charge is 2.21. The van der Waals surface area contributed by atoms with Gasteiger partial charge < -0.3 is 15.3 Å². The van der Waals surface area contributed by atoms with Crippen LogP contribution in [0, 0.1) is 5.92 Å². The number of carbonyl (C=O) groups is 1. The van der Waals surface area contributed by atoms with E-state index in [-0.39, 0.29) is 0 Å². The van der Waals surface area contributed by atoms with Gasteiger partial charge in [-0.2, -0.15) is 0 Å². The van der Waals surface area contributed by atoms with Crippen LogP contribution >= 0.6 is 0 Å². The fourth-order valence-corrected chi connectivity index (χ4v) is 2.15. The van der Waals surface area contributed by atoms with Crippen molar-refractivity contribution in [2.75, 3.05) is 25.0 Å². The van der Waals surface area contributed by atoms with Gasteiger partial charge in [0.15, 0.2) is 0 Å². The van der Waals surface area contributed by atoms with Crippen LogP contribution in [0.2, 0.25) is 0 Å². The molecule has 1 fully saturated rings. The first-order chi connectivity index (χ1) is 8.25. The second-order valence-electron chi connectivity index (χ2n) is 4.46. The molecule has 4 heteroatoms. The van der Waals surface area contributed by atoms with E-state index in [1.807, 2.05) is 30.3 Å². The third-order valence-electron chi connectivity index (χ3n) is 3.25. The van der Waals surface area contributed by atoms with Crippen LogP contribution in [0.5, 0.6) is 0 Å².